The minimum absolute atomic E-state index is 0.0972. The number of carboxylic acids is 1. The molecule has 3 nitrogen and oxygen atoms in total. The fraction of sp³-hybridized carbons (Fsp3) is 0.900. The Hall–Kier alpha value is -0.570. The van der Waals surface area contributed by atoms with Gasteiger partial charge in [-0.25, -0.2) is 0 Å². The van der Waals surface area contributed by atoms with Crippen LogP contribution < -0.4 is 0 Å². The fourth-order valence-corrected chi connectivity index (χ4v) is 2.39. The molecule has 0 radical (unpaired) electrons. The van der Waals surface area contributed by atoms with Crippen LogP contribution in [0.25, 0.3) is 0 Å². The van der Waals surface area contributed by atoms with Gasteiger partial charge in [-0.05, 0) is 24.2 Å². The van der Waals surface area contributed by atoms with Gasteiger partial charge in [0.25, 0.3) is 0 Å². The quantitative estimate of drug-likeness (QED) is 0.687. The molecule has 1 aliphatic rings. The zero-order valence-corrected chi connectivity index (χ0v) is 8.45. The molecule has 1 rings (SSSR count). The highest BCUT2D eigenvalue weighted by Crippen LogP contribution is 2.46. The van der Waals surface area contributed by atoms with Crippen LogP contribution in [-0.4, -0.2) is 22.3 Å². The Morgan fingerprint density at radius 1 is 1.46 bits per heavy atom. The van der Waals surface area contributed by atoms with E-state index in [1.165, 1.54) is 0 Å². The van der Waals surface area contributed by atoms with Crippen molar-refractivity contribution in [1.82, 2.24) is 0 Å². The molecule has 0 heterocycles. The largest absolute Gasteiger partial charge is 0.481 e. The van der Waals surface area contributed by atoms with Crippen LogP contribution in [-0.2, 0) is 4.79 Å². The van der Waals surface area contributed by atoms with E-state index in [0.717, 1.165) is 12.8 Å². The van der Waals surface area contributed by atoms with Gasteiger partial charge in [0.1, 0.15) is 0 Å². The molecule has 0 aromatic rings. The lowest BCUT2D eigenvalue weighted by Crippen LogP contribution is -2.35. The van der Waals surface area contributed by atoms with Crippen LogP contribution in [0.2, 0.25) is 0 Å². The van der Waals surface area contributed by atoms with Crippen molar-refractivity contribution in [2.75, 3.05) is 0 Å². The first kappa shape index (κ1) is 10.5. The lowest BCUT2D eigenvalue weighted by Gasteiger charge is -2.32. The lowest BCUT2D eigenvalue weighted by atomic mass is 9.74. The highest BCUT2D eigenvalue weighted by molar-refractivity contribution is 5.70. The molecule has 3 heteroatoms. The van der Waals surface area contributed by atoms with Gasteiger partial charge in [0.15, 0.2) is 0 Å². The smallest absolute Gasteiger partial charge is 0.306 e. The molecule has 1 saturated carbocycles. The summed E-state index contributed by atoms with van der Waals surface area (Å²) >= 11 is 0. The third kappa shape index (κ3) is 1.70. The lowest BCUT2D eigenvalue weighted by molar-refractivity contribution is -0.144. The van der Waals surface area contributed by atoms with E-state index in [-0.39, 0.29) is 23.4 Å². The molecule has 0 amide bonds. The average molecular weight is 186 g/mol. The predicted molar refractivity (Wildman–Crippen MR) is 49.3 cm³/mol. The average Bonchev–Trinajstić information content (AvgIpc) is 2.26. The molecular formula is C10H18O3. The van der Waals surface area contributed by atoms with Crippen LogP contribution in [0.1, 0.15) is 33.6 Å². The number of aliphatic hydroxyl groups is 1. The van der Waals surface area contributed by atoms with Crippen molar-refractivity contribution < 1.29 is 15.0 Å². The number of hydrogen-bond acceptors (Lipinski definition) is 2. The van der Waals surface area contributed by atoms with E-state index in [0.29, 0.717) is 0 Å². The molecule has 0 aliphatic heterocycles. The van der Waals surface area contributed by atoms with Crippen molar-refractivity contribution in [3.63, 3.8) is 0 Å². The van der Waals surface area contributed by atoms with Crippen molar-refractivity contribution >= 4 is 5.97 Å². The summed E-state index contributed by atoms with van der Waals surface area (Å²) in [5.41, 5.74) is -0.252. The molecule has 0 aromatic carbocycles. The maximum atomic E-state index is 10.8. The Morgan fingerprint density at radius 3 is 2.31 bits per heavy atom. The molecule has 2 N–H and O–H groups in total. The van der Waals surface area contributed by atoms with Crippen molar-refractivity contribution in [1.29, 1.82) is 0 Å². The normalized spacial score (nSPS) is 34.5. The van der Waals surface area contributed by atoms with Gasteiger partial charge in [0.2, 0.25) is 0 Å². The van der Waals surface area contributed by atoms with Crippen molar-refractivity contribution in [3.05, 3.63) is 0 Å². The SMILES string of the molecule is C[C@@H](C(=O)O)[C@H]1CC[C@@H](O)C1(C)C. The number of rotatable bonds is 2. The Bertz CT molecular complexity index is 210. The number of aliphatic hydroxyl groups excluding tert-OH is 1. The molecule has 0 unspecified atom stereocenters. The molecule has 76 valence electrons. The van der Waals surface area contributed by atoms with Crippen molar-refractivity contribution in [2.24, 2.45) is 17.3 Å². The van der Waals surface area contributed by atoms with E-state index in [1.54, 1.807) is 6.92 Å². The summed E-state index contributed by atoms with van der Waals surface area (Å²) in [6.07, 6.45) is 1.20. The minimum atomic E-state index is -0.757. The summed E-state index contributed by atoms with van der Waals surface area (Å²) in [6, 6.07) is 0. The van der Waals surface area contributed by atoms with Crippen LogP contribution in [0.4, 0.5) is 0 Å². The van der Waals surface area contributed by atoms with Gasteiger partial charge >= 0.3 is 5.97 Å². The molecular weight excluding hydrogens is 168 g/mol. The highest BCUT2D eigenvalue weighted by atomic mass is 16.4. The Morgan fingerprint density at radius 2 is 2.00 bits per heavy atom. The maximum Gasteiger partial charge on any atom is 0.306 e. The van der Waals surface area contributed by atoms with Crippen LogP contribution in [0.3, 0.4) is 0 Å². The minimum Gasteiger partial charge on any atom is -0.481 e. The third-order valence-corrected chi connectivity index (χ3v) is 3.56. The topological polar surface area (TPSA) is 57.5 Å². The number of hydrogen-bond donors (Lipinski definition) is 2. The first-order valence-corrected chi connectivity index (χ1v) is 4.78. The van der Waals surface area contributed by atoms with Gasteiger partial charge < -0.3 is 10.2 Å². The fourth-order valence-electron chi connectivity index (χ4n) is 2.39. The van der Waals surface area contributed by atoms with Gasteiger partial charge in [-0.15, -0.1) is 0 Å². The van der Waals surface area contributed by atoms with Crippen LogP contribution in [0.15, 0.2) is 0 Å². The summed E-state index contributed by atoms with van der Waals surface area (Å²) in [6.45, 7) is 5.64. The summed E-state index contributed by atoms with van der Waals surface area (Å²) < 4.78 is 0. The van der Waals surface area contributed by atoms with Gasteiger partial charge in [-0.1, -0.05) is 20.8 Å². The maximum absolute atomic E-state index is 10.8. The zero-order chi connectivity index (χ0) is 10.2. The van der Waals surface area contributed by atoms with Crippen LogP contribution >= 0.6 is 0 Å². The second-order valence-corrected chi connectivity index (χ2v) is 4.65. The number of aliphatic carboxylic acids is 1. The molecule has 3 atom stereocenters. The van der Waals surface area contributed by atoms with E-state index >= 15 is 0 Å². The number of carboxylic acid groups (broad SMARTS) is 1. The van der Waals surface area contributed by atoms with Crippen LogP contribution in [0.5, 0.6) is 0 Å². The molecule has 0 spiro atoms. The highest BCUT2D eigenvalue weighted by Gasteiger charge is 2.46. The molecule has 1 aliphatic carbocycles. The van der Waals surface area contributed by atoms with Gasteiger partial charge in [-0.2, -0.15) is 0 Å². The van der Waals surface area contributed by atoms with Gasteiger partial charge in [0, 0.05) is 0 Å². The van der Waals surface area contributed by atoms with Crippen LogP contribution in [0, 0.1) is 17.3 Å². The van der Waals surface area contributed by atoms with E-state index in [9.17, 15) is 9.90 Å². The van der Waals surface area contributed by atoms with E-state index < -0.39 is 5.97 Å². The molecule has 13 heavy (non-hydrogen) atoms. The zero-order valence-electron chi connectivity index (χ0n) is 8.45. The molecule has 0 bridgehead atoms. The first-order chi connectivity index (χ1) is 5.87. The second kappa shape index (κ2) is 3.29. The standard InChI is InChI=1S/C10H18O3/c1-6(9(12)13)7-4-5-8(11)10(7,2)3/h6-8,11H,4-5H2,1-3H3,(H,12,13)/t6-,7-,8-/m1/s1. The van der Waals surface area contributed by atoms with E-state index in [2.05, 4.69) is 0 Å². The summed E-state index contributed by atoms with van der Waals surface area (Å²) in [7, 11) is 0. The number of carbonyl (C=O) groups is 1. The summed E-state index contributed by atoms with van der Waals surface area (Å²) in [4.78, 5) is 10.8. The van der Waals surface area contributed by atoms with Crippen molar-refractivity contribution in [2.45, 2.75) is 39.7 Å². The first-order valence-electron chi connectivity index (χ1n) is 4.78. The Kier molecular flexibility index (Phi) is 2.66. The van der Waals surface area contributed by atoms with E-state index in [4.69, 9.17) is 5.11 Å². The predicted octanol–water partition coefficient (Wildman–Crippen LogP) is 1.50. The molecule has 1 fully saturated rings. The van der Waals surface area contributed by atoms with Gasteiger partial charge in [-0.3, -0.25) is 4.79 Å². The molecule has 0 aromatic heterocycles. The Labute approximate surface area is 78.8 Å². The van der Waals surface area contributed by atoms with Gasteiger partial charge in [0.05, 0.1) is 12.0 Å². The van der Waals surface area contributed by atoms with Crippen molar-refractivity contribution in [3.8, 4) is 0 Å². The third-order valence-electron chi connectivity index (χ3n) is 3.56. The summed E-state index contributed by atoms with van der Waals surface area (Å²) in [5, 5.41) is 18.5. The Balaban J connectivity index is 2.77. The summed E-state index contributed by atoms with van der Waals surface area (Å²) in [5.74, 6) is -1.01. The van der Waals surface area contributed by atoms with E-state index in [1.807, 2.05) is 13.8 Å². The monoisotopic (exact) mass is 186 g/mol. The second-order valence-electron chi connectivity index (χ2n) is 4.65. The molecule has 0 saturated heterocycles.